The van der Waals surface area contributed by atoms with Crippen LogP contribution in [0.1, 0.15) is 29.3 Å². The Hall–Kier alpha value is -3.02. The summed E-state index contributed by atoms with van der Waals surface area (Å²) in [5.41, 5.74) is 1.51. The van der Waals surface area contributed by atoms with Crippen molar-refractivity contribution in [1.29, 1.82) is 0 Å². The molecule has 28 heavy (non-hydrogen) atoms. The van der Waals surface area contributed by atoms with Crippen molar-refractivity contribution in [1.82, 2.24) is 4.90 Å². The van der Waals surface area contributed by atoms with E-state index >= 15 is 0 Å². The second-order valence-electron chi connectivity index (χ2n) is 6.19. The number of methoxy groups -OCH3 is 1. The van der Waals surface area contributed by atoms with E-state index in [0.29, 0.717) is 31.1 Å². The number of ether oxygens (including phenoxy) is 3. The van der Waals surface area contributed by atoms with Gasteiger partial charge in [0.1, 0.15) is 18.1 Å². The second-order valence-corrected chi connectivity index (χ2v) is 6.19. The van der Waals surface area contributed by atoms with Crippen LogP contribution in [0.15, 0.2) is 48.5 Å². The average molecular weight is 385 g/mol. The summed E-state index contributed by atoms with van der Waals surface area (Å²) in [5.74, 6) is 0.995. The van der Waals surface area contributed by atoms with Crippen LogP contribution in [0, 0.1) is 6.92 Å². The van der Waals surface area contributed by atoms with E-state index in [1.807, 2.05) is 49.4 Å². The SMILES string of the molecule is CCOC(=O)CCN(CCOc1ccc(OC)cc1)C(=O)c1ccccc1C. The molecule has 2 aromatic rings. The van der Waals surface area contributed by atoms with Gasteiger partial charge in [-0.3, -0.25) is 9.59 Å². The van der Waals surface area contributed by atoms with Gasteiger partial charge >= 0.3 is 5.97 Å². The highest BCUT2D eigenvalue weighted by Crippen LogP contribution is 2.17. The Balaban J connectivity index is 2.01. The zero-order chi connectivity index (χ0) is 20.4. The summed E-state index contributed by atoms with van der Waals surface area (Å²) in [6.07, 6.45) is 0.147. The zero-order valence-corrected chi connectivity index (χ0v) is 16.6. The highest BCUT2D eigenvalue weighted by Gasteiger charge is 2.19. The first-order valence-electron chi connectivity index (χ1n) is 9.32. The Bertz CT molecular complexity index is 773. The third-order valence-electron chi connectivity index (χ3n) is 4.24. The lowest BCUT2D eigenvalue weighted by atomic mass is 10.1. The number of nitrogens with zero attached hydrogens (tertiary/aromatic N) is 1. The molecular formula is C22H27NO5. The first kappa shape index (κ1) is 21.3. The topological polar surface area (TPSA) is 65.1 Å². The minimum absolute atomic E-state index is 0.124. The van der Waals surface area contributed by atoms with Crippen molar-refractivity contribution < 1.29 is 23.8 Å². The molecule has 0 N–H and O–H groups in total. The minimum atomic E-state index is -0.318. The molecular weight excluding hydrogens is 358 g/mol. The van der Waals surface area contributed by atoms with Crippen molar-refractivity contribution in [2.45, 2.75) is 20.3 Å². The number of aryl methyl sites for hydroxylation is 1. The molecule has 0 aliphatic rings. The van der Waals surface area contributed by atoms with E-state index in [1.54, 1.807) is 25.0 Å². The number of rotatable bonds is 10. The first-order chi connectivity index (χ1) is 13.5. The summed E-state index contributed by atoms with van der Waals surface area (Å²) in [5, 5.41) is 0. The van der Waals surface area contributed by atoms with Gasteiger partial charge in [0, 0.05) is 12.1 Å². The predicted octanol–water partition coefficient (Wildman–Crippen LogP) is 3.48. The lowest BCUT2D eigenvalue weighted by Gasteiger charge is -2.23. The van der Waals surface area contributed by atoms with Gasteiger partial charge in [0.2, 0.25) is 0 Å². The fraction of sp³-hybridized carbons (Fsp3) is 0.364. The van der Waals surface area contributed by atoms with E-state index < -0.39 is 0 Å². The monoisotopic (exact) mass is 385 g/mol. The molecule has 0 saturated carbocycles. The summed E-state index contributed by atoms with van der Waals surface area (Å²) in [6.45, 7) is 4.93. The smallest absolute Gasteiger partial charge is 0.307 e. The van der Waals surface area contributed by atoms with Gasteiger partial charge in [-0.05, 0) is 49.7 Å². The van der Waals surface area contributed by atoms with E-state index in [4.69, 9.17) is 14.2 Å². The lowest BCUT2D eigenvalue weighted by Crippen LogP contribution is -2.36. The van der Waals surface area contributed by atoms with Gasteiger partial charge in [-0.1, -0.05) is 18.2 Å². The molecule has 0 unspecified atom stereocenters. The first-order valence-corrected chi connectivity index (χ1v) is 9.32. The maximum Gasteiger partial charge on any atom is 0.307 e. The molecule has 150 valence electrons. The number of hydrogen-bond acceptors (Lipinski definition) is 5. The van der Waals surface area contributed by atoms with Crippen LogP contribution in [0.25, 0.3) is 0 Å². The van der Waals surface area contributed by atoms with E-state index in [9.17, 15) is 9.59 Å². The number of esters is 1. The molecule has 0 aliphatic heterocycles. The third kappa shape index (κ3) is 6.30. The van der Waals surface area contributed by atoms with Gasteiger partial charge in [-0.2, -0.15) is 0 Å². The quantitative estimate of drug-likeness (QED) is 0.586. The van der Waals surface area contributed by atoms with Crippen molar-refractivity contribution >= 4 is 11.9 Å². The number of carbonyl (C=O) groups is 2. The van der Waals surface area contributed by atoms with Crippen LogP contribution < -0.4 is 9.47 Å². The maximum atomic E-state index is 13.0. The van der Waals surface area contributed by atoms with E-state index in [-0.39, 0.29) is 24.8 Å². The van der Waals surface area contributed by atoms with Crippen LogP contribution in [0.2, 0.25) is 0 Å². The molecule has 0 bridgehead atoms. The fourth-order valence-corrected chi connectivity index (χ4v) is 2.70. The molecule has 0 saturated heterocycles. The molecule has 0 aliphatic carbocycles. The van der Waals surface area contributed by atoms with Gasteiger partial charge in [0.05, 0.1) is 26.7 Å². The average Bonchev–Trinajstić information content (AvgIpc) is 2.71. The minimum Gasteiger partial charge on any atom is -0.497 e. The van der Waals surface area contributed by atoms with E-state index in [0.717, 1.165) is 11.3 Å². The second kappa shape index (κ2) is 11.0. The highest BCUT2D eigenvalue weighted by molar-refractivity contribution is 5.95. The molecule has 0 heterocycles. The molecule has 0 spiro atoms. The van der Waals surface area contributed by atoms with Gasteiger partial charge in [0.25, 0.3) is 5.91 Å². The molecule has 0 atom stereocenters. The largest absolute Gasteiger partial charge is 0.497 e. The van der Waals surface area contributed by atoms with Crippen LogP contribution in [-0.2, 0) is 9.53 Å². The molecule has 1 amide bonds. The van der Waals surface area contributed by atoms with Gasteiger partial charge in [0.15, 0.2) is 0 Å². The molecule has 2 rings (SSSR count). The van der Waals surface area contributed by atoms with Crippen molar-refractivity contribution in [3.05, 3.63) is 59.7 Å². The number of benzene rings is 2. The predicted molar refractivity (Wildman–Crippen MR) is 107 cm³/mol. The molecule has 2 aromatic carbocycles. The maximum absolute atomic E-state index is 13.0. The van der Waals surface area contributed by atoms with Crippen molar-refractivity contribution in [2.75, 3.05) is 33.4 Å². The van der Waals surface area contributed by atoms with Gasteiger partial charge in [-0.15, -0.1) is 0 Å². The summed E-state index contributed by atoms with van der Waals surface area (Å²) in [4.78, 5) is 26.3. The Kier molecular flexibility index (Phi) is 8.34. The number of carbonyl (C=O) groups excluding carboxylic acids is 2. The van der Waals surface area contributed by atoms with Crippen molar-refractivity contribution in [2.24, 2.45) is 0 Å². The standard InChI is InChI=1S/C22H27NO5/c1-4-27-21(24)13-14-23(22(25)20-8-6-5-7-17(20)2)15-16-28-19-11-9-18(26-3)10-12-19/h5-12H,4,13-16H2,1-3H3. The van der Waals surface area contributed by atoms with Crippen molar-refractivity contribution in [3.8, 4) is 11.5 Å². The third-order valence-corrected chi connectivity index (χ3v) is 4.24. The number of hydrogen-bond donors (Lipinski definition) is 0. The number of amides is 1. The summed E-state index contributed by atoms with van der Waals surface area (Å²) in [6, 6.07) is 14.7. The molecule has 0 aromatic heterocycles. The van der Waals surface area contributed by atoms with E-state index in [2.05, 4.69) is 0 Å². The summed E-state index contributed by atoms with van der Waals surface area (Å²) < 4.78 is 15.8. The molecule has 6 heteroatoms. The lowest BCUT2D eigenvalue weighted by molar-refractivity contribution is -0.143. The van der Waals surface area contributed by atoms with Crippen LogP contribution in [0.4, 0.5) is 0 Å². The summed E-state index contributed by atoms with van der Waals surface area (Å²) in [7, 11) is 1.61. The fourth-order valence-electron chi connectivity index (χ4n) is 2.70. The van der Waals surface area contributed by atoms with Gasteiger partial charge < -0.3 is 19.1 Å². The molecule has 0 radical (unpaired) electrons. The van der Waals surface area contributed by atoms with Crippen LogP contribution in [0.5, 0.6) is 11.5 Å². The normalized spacial score (nSPS) is 10.2. The Morgan fingerprint density at radius 2 is 1.64 bits per heavy atom. The summed E-state index contributed by atoms with van der Waals surface area (Å²) >= 11 is 0. The van der Waals surface area contributed by atoms with Crippen LogP contribution in [-0.4, -0.2) is 50.2 Å². The van der Waals surface area contributed by atoms with Gasteiger partial charge in [-0.25, -0.2) is 0 Å². The molecule has 0 fully saturated rings. The van der Waals surface area contributed by atoms with Crippen LogP contribution >= 0.6 is 0 Å². The van der Waals surface area contributed by atoms with Crippen molar-refractivity contribution in [3.63, 3.8) is 0 Å². The Morgan fingerprint density at radius 3 is 2.29 bits per heavy atom. The van der Waals surface area contributed by atoms with Crippen LogP contribution in [0.3, 0.4) is 0 Å². The zero-order valence-electron chi connectivity index (χ0n) is 16.6. The molecule has 6 nitrogen and oxygen atoms in total. The van der Waals surface area contributed by atoms with E-state index in [1.165, 1.54) is 0 Å². The Labute approximate surface area is 166 Å². The highest BCUT2D eigenvalue weighted by atomic mass is 16.5. The Morgan fingerprint density at radius 1 is 0.964 bits per heavy atom.